The number of rotatable bonds is 4. The largest absolute Gasteiger partial charge is 0.298 e. The number of aryl methyl sites for hydroxylation is 1. The third-order valence-corrected chi connectivity index (χ3v) is 3.36. The smallest absolute Gasteiger partial charge is 0.146 e. The second-order valence-corrected chi connectivity index (χ2v) is 4.87. The highest BCUT2D eigenvalue weighted by Crippen LogP contribution is 2.18. The molecule has 0 saturated carbocycles. The summed E-state index contributed by atoms with van der Waals surface area (Å²) < 4.78 is 0. The Bertz CT molecular complexity index is 386. The molecule has 17 heavy (non-hydrogen) atoms. The Morgan fingerprint density at radius 3 is 2.82 bits per heavy atom. The maximum atomic E-state index is 11.7. The maximum Gasteiger partial charge on any atom is 0.146 e. The first kappa shape index (κ1) is 12.3. The van der Waals surface area contributed by atoms with Gasteiger partial charge in [0, 0.05) is 13.0 Å². The predicted molar refractivity (Wildman–Crippen MR) is 70.0 cm³/mol. The lowest BCUT2D eigenvalue weighted by Gasteiger charge is -2.19. The molecule has 2 rings (SSSR count). The molecule has 2 heteroatoms. The molecule has 1 heterocycles. The van der Waals surface area contributed by atoms with Gasteiger partial charge in [-0.3, -0.25) is 9.69 Å². The molecule has 0 atom stereocenters. The van der Waals surface area contributed by atoms with E-state index in [1.54, 1.807) is 0 Å². The zero-order valence-electron chi connectivity index (χ0n) is 10.6. The first-order chi connectivity index (χ1) is 8.29. The van der Waals surface area contributed by atoms with Gasteiger partial charge in [0.25, 0.3) is 0 Å². The second-order valence-electron chi connectivity index (χ2n) is 4.87. The molecule has 0 unspecified atom stereocenters. The first-order valence-electron chi connectivity index (χ1n) is 6.60. The second kappa shape index (κ2) is 5.97. The van der Waals surface area contributed by atoms with E-state index in [0.717, 1.165) is 38.8 Å². The Morgan fingerprint density at radius 1 is 1.29 bits per heavy atom. The molecule has 1 aliphatic heterocycles. The van der Waals surface area contributed by atoms with Crippen molar-refractivity contribution in [3.8, 4) is 0 Å². The van der Waals surface area contributed by atoms with Gasteiger partial charge in [-0.1, -0.05) is 31.2 Å². The van der Waals surface area contributed by atoms with Gasteiger partial charge in [-0.2, -0.15) is 0 Å². The fourth-order valence-corrected chi connectivity index (χ4v) is 2.51. The highest BCUT2D eigenvalue weighted by Gasteiger charge is 2.15. The maximum absolute atomic E-state index is 11.7. The molecular weight excluding hydrogens is 210 g/mol. The van der Waals surface area contributed by atoms with E-state index in [1.807, 2.05) is 0 Å². The third kappa shape index (κ3) is 3.40. The normalized spacial score (nSPS) is 16.3. The van der Waals surface area contributed by atoms with E-state index in [-0.39, 0.29) is 0 Å². The van der Waals surface area contributed by atoms with Crippen LogP contribution in [0.4, 0.5) is 0 Å². The van der Waals surface area contributed by atoms with Crippen molar-refractivity contribution in [2.24, 2.45) is 0 Å². The molecule has 0 bridgehead atoms. The Labute approximate surface area is 104 Å². The van der Waals surface area contributed by atoms with Crippen molar-refractivity contribution in [3.63, 3.8) is 0 Å². The summed E-state index contributed by atoms with van der Waals surface area (Å²) in [6, 6.07) is 8.61. The zero-order chi connectivity index (χ0) is 12.1. The van der Waals surface area contributed by atoms with E-state index in [1.165, 1.54) is 11.1 Å². The van der Waals surface area contributed by atoms with Crippen LogP contribution in [0.2, 0.25) is 0 Å². The third-order valence-electron chi connectivity index (χ3n) is 3.36. The van der Waals surface area contributed by atoms with Crippen molar-refractivity contribution in [3.05, 3.63) is 35.4 Å². The molecule has 92 valence electrons. The van der Waals surface area contributed by atoms with Gasteiger partial charge in [-0.15, -0.1) is 0 Å². The average molecular weight is 231 g/mol. The summed E-state index contributed by atoms with van der Waals surface area (Å²) in [4.78, 5) is 14.0. The van der Waals surface area contributed by atoms with Crippen molar-refractivity contribution in [2.75, 3.05) is 13.1 Å². The first-order valence-corrected chi connectivity index (χ1v) is 6.60. The number of hydrogen-bond donors (Lipinski definition) is 0. The van der Waals surface area contributed by atoms with Crippen LogP contribution < -0.4 is 0 Å². The lowest BCUT2D eigenvalue weighted by Crippen LogP contribution is -2.29. The molecule has 0 amide bonds. The fraction of sp³-hybridized carbons (Fsp3) is 0.533. The topological polar surface area (TPSA) is 20.3 Å². The Hall–Kier alpha value is -1.15. The van der Waals surface area contributed by atoms with Crippen LogP contribution in [0.3, 0.4) is 0 Å². The van der Waals surface area contributed by atoms with Crippen molar-refractivity contribution in [1.82, 2.24) is 4.90 Å². The molecule has 0 aliphatic carbocycles. The van der Waals surface area contributed by atoms with Crippen molar-refractivity contribution < 1.29 is 4.79 Å². The Kier molecular flexibility index (Phi) is 4.32. The summed E-state index contributed by atoms with van der Waals surface area (Å²) in [7, 11) is 0. The summed E-state index contributed by atoms with van der Waals surface area (Å²) >= 11 is 0. The molecule has 1 aliphatic rings. The highest BCUT2D eigenvalue weighted by atomic mass is 16.1. The SMILES string of the molecule is CCCC(=O)CN1CCCc2ccccc2C1. The van der Waals surface area contributed by atoms with Gasteiger partial charge < -0.3 is 0 Å². The standard InChI is InChI=1S/C15H21NO/c1-2-6-15(17)12-16-10-5-9-13-7-3-4-8-14(13)11-16/h3-4,7-8H,2,5-6,9-12H2,1H3. The van der Waals surface area contributed by atoms with Gasteiger partial charge in [-0.25, -0.2) is 0 Å². The van der Waals surface area contributed by atoms with Gasteiger partial charge >= 0.3 is 0 Å². The molecule has 1 aromatic carbocycles. The minimum absolute atomic E-state index is 0.381. The van der Waals surface area contributed by atoms with Crippen LogP contribution in [0.1, 0.15) is 37.3 Å². The number of carbonyl (C=O) groups excluding carboxylic acids is 1. The van der Waals surface area contributed by atoms with E-state index >= 15 is 0 Å². The van der Waals surface area contributed by atoms with Crippen LogP contribution in [0, 0.1) is 0 Å². The van der Waals surface area contributed by atoms with Crippen molar-refractivity contribution in [2.45, 2.75) is 39.2 Å². The molecule has 0 aromatic heterocycles. The van der Waals surface area contributed by atoms with Crippen molar-refractivity contribution >= 4 is 5.78 Å². The van der Waals surface area contributed by atoms with Crippen LogP contribution in [-0.4, -0.2) is 23.8 Å². The van der Waals surface area contributed by atoms with Crippen molar-refractivity contribution in [1.29, 1.82) is 0 Å². The number of ketones is 1. The van der Waals surface area contributed by atoms with Gasteiger partial charge in [0.1, 0.15) is 5.78 Å². The average Bonchev–Trinajstić information content (AvgIpc) is 2.50. The lowest BCUT2D eigenvalue weighted by molar-refractivity contribution is -0.120. The van der Waals surface area contributed by atoms with Crippen LogP contribution in [0.5, 0.6) is 0 Å². The Morgan fingerprint density at radius 2 is 2.06 bits per heavy atom. The summed E-state index contributed by atoms with van der Waals surface area (Å²) in [6.07, 6.45) is 3.99. The number of fused-ring (bicyclic) bond motifs is 1. The number of hydrogen-bond acceptors (Lipinski definition) is 2. The minimum atomic E-state index is 0.381. The van der Waals surface area contributed by atoms with Gasteiger partial charge in [0.15, 0.2) is 0 Å². The molecule has 0 radical (unpaired) electrons. The number of nitrogens with zero attached hydrogens (tertiary/aromatic N) is 1. The molecule has 0 spiro atoms. The number of benzene rings is 1. The molecule has 0 fully saturated rings. The van der Waals surface area contributed by atoms with Crippen LogP contribution in [0.15, 0.2) is 24.3 Å². The molecule has 1 aromatic rings. The van der Waals surface area contributed by atoms with E-state index in [2.05, 4.69) is 36.1 Å². The zero-order valence-corrected chi connectivity index (χ0v) is 10.6. The highest BCUT2D eigenvalue weighted by molar-refractivity contribution is 5.80. The van der Waals surface area contributed by atoms with Gasteiger partial charge in [0.2, 0.25) is 0 Å². The van der Waals surface area contributed by atoms with E-state index < -0.39 is 0 Å². The van der Waals surface area contributed by atoms with E-state index in [9.17, 15) is 4.79 Å². The summed E-state index contributed by atoms with van der Waals surface area (Å²) in [6.45, 7) is 4.67. The lowest BCUT2D eigenvalue weighted by atomic mass is 10.0. The molecule has 2 nitrogen and oxygen atoms in total. The summed E-state index contributed by atoms with van der Waals surface area (Å²) in [5.74, 6) is 0.381. The molecular formula is C15H21NO. The summed E-state index contributed by atoms with van der Waals surface area (Å²) in [5, 5.41) is 0. The number of carbonyl (C=O) groups is 1. The quantitative estimate of drug-likeness (QED) is 0.794. The van der Waals surface area contributed by atoms with Crippen LogP contribution >= 0.6 is 0 Å². The van der Waals surface area contributed by atoms with Crippen LogP contribution in [-0.2, 0) is 17.8 Å². The summed E-state index contributed by atoms with van der Waals surface area (Å²) in [5.41, 5.74) is 2.85. The molecule has 0 saturated heterocycles. The minimum Gasteiger partial charge on any atom is -0.298 e. The monoisotopic (exact) mass is 231 g/mol. The Balaban J connectivity index is 2.00. The van der Waals surface area contributed by atoms with Crippen LogP contribution in [0.25, 0.3) is 0 Å². The van der Waals surface area contributed by atoms with E-state index in [4.69, 9.17) is 0 Å². The van der Waals surface area contributed by atoms with Gasteiger partial charge in [-0.05, 0) is 36.9 Å². The van der Waals surface area contributed by atoms with E-state index in [0.29, 0.717) is 12.3 Å². The molecule has 0 N–H and O–H groups in total. The van der Waals surface area contributed by atoms with Gasteiger partial charge in [0.05, 0.1) is 6.54 Å². The fourth-order valence-electron chi connectivity index (χ4n) is 2.51. The number of Topliss-reactive ketones (excluding diaryl/α,β-unsaturated/α-hetero) is 1. The predicted octanol–water partition coefficient (Wildman–Crippen LogP) is 2.80.